The zero-order chi connectivity index (χ0) is 12.3. The van der Waals surface area contributed by atoms with Crippen molar-refractivity contribution in [2.45, 2.75) is 13.8 Å². The van der Waals surface area contributed by atoms with Gasteiger partial charge in [0, 0.05) is 13.6 Å². The monoisotopic (exact) mass is 221 g/mol. The maximum absolute atomic E-state index is 10.9. The summed E-state index contributed by atoms with van der Waals surface area (Å²) in [6.45, 7) is 4.34. The highest BCUT2D eigenvalue weighted by Crippen LogP contribution is 2.21. The number of nitriles is 1. The first-order chi connectivity index (χ1) is 7.51. The highest BCUT2D eigenvalue weighted by atomic mass is 16.1. The summed E-state index contributed by atoms with van der Waals surface area (Å²) in [5, 5.41) is 13.2. The molecule has 0 aliphatic rings. The Labute approximate surface area is 94.2 Å². The number of rotatable bonds is 4. The quantitative estimate of drug-likeness (QED) is 0.769. The molecule has 0 fully saturated rings. The van der Waals surface area contributed by atoms with E-state index in [1.165, 1.54) is 0 Å². The number of nitrogens with zero attached hydrogens (tertiary/aromatic N) is 4. The van der Waals surface area contributed by atoms with Crippen LogP contribution < -0.4 is 10.6 Å². The van der Waals surface area contributed by atoms with Crippen molar-refractivity contribution in [2.24, 2.45) is 12.8 Å². The van der Waals surface area contributed by atoms with Crippen LogP contribution in [0.15, 0.2) is 0 Å². The molecule has 0 radical (unpaired) electrons. The Bertz CT molecular complexity index is 443. The van der Waals surface area contributed by atoms with Crippen molar-refractivity contribution in [3.8, 4) is 6.07 Å². The molecule has 86 valence electrons. The van der Waals surface area contributed by atoms with Crippen LogP contribution >= 0.6 is 0 Å². The molecule has 16 heavy (non-hydrogen) atoms. The minimum absolute atomic E-state index is 0.0875. The topological polar surface area (TPSA) is 87.9 Å². The molecule has 1 amide bonds. The van der Waals surface area contributed by atoms with Crippen molar-refractivity contribution in [1.82, 2.24) is 9.78 Å². The third kappa shape index (κ3) is 2.14. The molecule has 0 aliphatic carbocycles. The van der Waals surface area contributed by atoms with Gasteiger partial charge in [0.15, 0.2) is 0 Å². The lowest BCUT2D eigenvalue weighted by molar-refractivity contribution is -0.116. The summed E-state index contributed by atoms with van der Waals surface area (Å²) in [5.74, 6) is 0.214. The molecule has 0 bridgehead atoms. The Balaban J connectivity index is 3.19. The lowest BCUT2D eigenvalue weighted by atomic mass is 10.2. The van der Waals surface area contributed by atoms with E-state index in [0.29, 0.717) is 23.6 Å². The Morgan fingerprint density at radius 1 is 1.69 bits per heavy atom. The van der Waals surface area contributed by atoms with Crippen LogP contribution in [-0.2, 0) is 11.8 Å². The van der Waals surface area contributed by atoms with Gasteiger partial charge in [-0.3, -0.25) is 9.48 Å². The standard InChI is InChI=1S/C10H15N5O/c1-4-15(6-9(12)16)10-8(5-11)7(2)13-14(10)3/h4,6H2,1-3H3,(H2,12,16). The predicted molar refractivity (Wildman–Crippen MR) is 59.7 cm³/mol. The number of anilines is 1. The van der Waals surface area contributed by atoms with Gasteiger partial charge in [0.25, 0.3) is 0 Å². The van der Waals surface area contributed by atoms with Crippen LogP contribution in [-0.4, -0.2) is 28.8 Å². The largest absolute Gasteiger partial charge is 0.368 e. The average molecular weight is 221 g/mol. The van der Waals surface area contributed by atoms with Crippen LogP contribution in [0.3, 0.4) is 0 Å². The summed E-state index contributed by atoms with van der Waals surface area (Å²) in [6, 6.07) is 2.10. The molecule has 0 atom stereocenters. The molecule has 6 heteroatoms. The Hall–Kier alpha value is -2.03. The first-order valence-corrected chi connectivity index (χ1v) is 4.98. The minimum atomic E-state index is -0.426. The van der Waals surface area contributed by atoms with Gasteiger partial charge in [0.2, 0.25) is 5.91 Å². The van der Waals surface area contributed by atoms with Crippen LogP contribution in [0.25, 0.3) is 0 Å². The van der Waals surface area contributed by atoms with E-state index in [-0.39, 0.29) is 6.54 Å². The van der Waals surface area contributed by atoms with Gasteiger partial charge in [-0.1, -0.05) is 0 Å². The van der Waals surface area contributed by atoms with Gasteiger partial charge in [0.1, 0.15) is 17.5 Å². The van der Waals surface area contributed by atoms with Gasteiger partial charge in [-0.15, -0.1) is 0 Å². The number of amides is 1. The van der Waals surface area contributed by atoms with Gasteiger partial charge < -0.3 is 10.6 Å². The van der Waals surface area contributed by atoms with Crippen molar-refractivity contribution in [3.05, 3.63) is 11.3 Å². The molecule has 1 rings (SSSR count). The molecular weight excluding hydrogens is 206 g/mol. The third-order valence-corrected chi connectivity index (χ3v) is 2.33. The van der Waals surface area contributed by atoms with E-state index in [9.17, 15) is 4.79 Å². The number of carbonyl (C=O) groups is 1. The van der Waals surface area contributed by atoms with Crippen LogP contribution in [0.2, 0.25) is 0 Å². The summed E-state index contributed by atoms with van der Waals surface area (Å²) in [4.78, 5) is 12.7. The Kier molecular flexibility index (Phi) is 3.51. The predicted octanol–water partition coefficient (Wildman–Crippen LogP) is -0.0882. The first kappa shape index (κ1) is 12.0. The van der Waals surface area contributed by atoms with Crippen LogP contribution in [0.4, 0.5) is 5.82 Å². The summed E-state index contributed by atoms with van der Waals surface area (Å²) >= 11 is 0. The lowest BCUT2D eigenvalue weighted by Crippen LogP contribution is -2.35. The number of hydrogen-bond acceptors (Lipinski definition) is 4. The number of aryl methyl sites for hydroxylation is 2. The molecule has 0 aromatic carbocycles. The van der Waals surface area contributed by atoms with Crippen molar-refractivity contribution in [3.63, 3.8) is 0 Å². The van der Waals surface area contributed by atoms with E-state index in [0.717, 1.165) is 0 Å². The third-order valence-electron chi connectivity index (χ3n) is 2.33. The van der Waals surface area contributed by atoms with Crippen molar-refractivity contribution < 1.29 is 4.79 Å². The second-order valence-corrected chi connectivity index (χ2v) is 3.50. The van der Waals surface area contributed by atoms with Crippen molar-refractivity contribution >= 4 is 11.7 Å². The van der Waals surface area contributed by atoms with E-state index < -0.39 is 5.91 Å². The molecular formula is C10H15N5O. The van der Waals surface area contributed by atoms with E-state index in [2.05, 4.69) is 11.2 Å². The van der Waals surface area contributed by atoms with Crippen molar-refractivity contribution in [1.29, 1.82) is 5.26 Å². The minimum Gasteiger partial charge on any atom is -0.368 e. The number of carbonyl (C=O) groups excluding carboxylic acids is 1. The fourth-order valence-corrected chi connectivity index (χ4v) is 1.66. The molecule has 1 heterocycles. The Morgan fingerprint density at radius 3 is 2.75 bits per heavy atom. The molecule has 1 aromatic rings. The zero-order valence-corrected chi connectivity index (χ0v) is 9.69. The lowest BCUT2D eigenvalue weighted by Gasteiger charge is -2.21. The fraction of sp³-hybridized carbons (Fsp3) is 0.500. The summed E-state index contributed by atoms with van der Waals surface area (Å²) in [7, 11) is 1.74. The van der Waals surface area contributed by atoms with Crippen LogP contribution in [0, 0.1) is 18.3 Å². The molecule has 0 saturated heterocycles. The number of aromatic nitrogens is 2. The van der Waals surface area contributed by atoms with Crippen LogP contribution in [0.1, 0.15) is 18.2 Å². The second-order valence-electron chi connectivity index (χ2n) is 3.50. The summed E-state index contributed by atoms with van der Waals surface area (Å²) in [6.07, 6.45) is 0. The SMILES string of the molecule is CCN(CC(N)=O)c1c(C#N)c(C)nn1C. The number of hydrogen-bond donors (Lipinski definition) is 1. The van der Waals surface area contributed by atoms with E-state index in [4.69, 9.17) is 11.0 Å². The molecule has 0 spiro atoms. The van der Waals surface area contributed by atoms with Crippen LogP contribution in [0.5, 0.6) is 0 Å². The first-order valence-electron chi connectivity index (χ1n) is 4.98. The molecule has 0 saturated carbocycles. The molecule has 6 nitrogen and oxygen atoms in total. The van der Waals surface area contributed by atoms with Crippen molar-refractivity contribution in [2.75, 3.05) is 18.0 Å². The second kappa shape index (κ2) is 4.66. The Morgan fingerprint density at radius 2 is 2.31 bits per heavy atom. The maximum Gasteiger partial charge on any atom is 0.236 e. The smallest absolute Gasteiger partial charge is 0.236 e. The molecule has 0 unspecified atom stereocenters. The highest BCUT2D eigenvalue weighted by Gasteiger charge is 2.19. The maximum atomic E-state index is 10.9. The average Bonchev–Trinajstić information content (AvgIpc) is 2.49. The zero-order valence-electron chi connectivity index (χ0n) is 9.69. The number of nitrogens with two attached hydrogens (primary N) is 1. The van der Waals surface area contributed by atoms with Gasteiger partial charge >= 0.3 is 0 Å². The highest BCUT2D eigenvalue weighted by molar-refractivity contribution is 5.79. The molecule has 2 N–H and O–H groups in total. The van der Waals surface area contributed by atoms with E-state index in [1.54, 1.807) is 23.6 Å². The molecule has 0 aliphatic heterocycles. The van der Waals surface area contributed by atoms with Gasteiger partial charge in [-0.25, -0.2) is 0 Å². The van der Waals surface area contributed by atoms with E-state index in [1.807, 2.05) is 6.92 Å². The summed E-state index contributed by atoms with van der Waals surface area (Å²) in [5.41, 5.74) is 6.31. The number of likely N-dealkylation sites (N-methyl/N-ethyl adjacent to an activating group) is 1. The normalized spacial score (nSPS) is 9.88. The van der Waals surface area contributed by atoms with E-state index >= 15 is 0 Å². The van der Waals surface area contributed by atoms with Gasteiger partial charge in [0.05, 0.1) is 12.2 Å². The van der Waals surface area contributed by atoms with Gasteiger partial charge in [-0.05, 0) is 13.8 Å². The molecule has 1 aromatic heterocycles. The fourth-order valence-electron chi connectivity index (χ4n) is 1.66. The van der Waals surface area contributed by atoms with Gasteiger partial charge in [-0.2, -0.15) is 10.4 Å². The number of primary amides is 1. The summed E-state index contributed by atoms with van der Waals surface area (Å²) < 4.78 is 1.60.